The molecular formula is C14H13BrClNO3. The zero-order chi connectivity index (χ0) is 15.1. The number of aromatic nitrogens is 1. The lowest BCUT2D eigenvalue weighted by molar-refractivity contribution is 0.0659. The number of halogens is 2. The molecule has 0 amide bonds. The molecule has 0 atom stereocenters. The lowest BCUT2D eigenvalue weighted by atomic mass is 9.91. The van der Waals surface area contributed by atoms with Crippen LogP contribution in [0.3, 0.4) is 0 Å². The fourth-order valence-electron chi connectivity index (χ4n) is 1.75. The van der Waals surface area contributed by atoms with E-state index in [2.05, 4.69) is 20.9 Å². The van der Waals surface area contributed by atoms with Gasteiger partial charge in [-0.25, -0.2) is 9.78 Å². The minimum atomic E-state index is -1.13. The first-order valence-corrected chi connectivity index (χ1v) is 7.07. The van der Waals surface area contributed by atoms with Crippen LogP contribution in [0.1, 0.15) is 37.0 Å². The smallest absolute Gasteiger partial charge is 0.373 e. The zero-order valence-corrected chi connectivity index (χ0v) is 13.5. The number of aromatic carboxylic acids is 1. The van der Waals surface area contributed by atoms with Gasteiger partial charge in [0, 0.05) is 14.9 Å². The van der Waals surface area contributed by atoms with Crippen molar-refractivity contribution in [3.8, 4) is 11.5 Å². The largest absolute Gasteiger partial charge is 0.475 e. The number of hydrogen-bond acceptors (Lipinski definition) is 3. The number of carboxylic acids is 1. The molecule has 2 aromatic rings. The van der Waals surface area contributed by atoms with Gasteiger partial charge in [-0.05, 0) is 34.1 Å². The number of rotatable bonds is 2. The predicted octanol–water partition coefficient (Wildman–Crippen LogP) is 4.75. The highest BCUT2D eigenvalue weighted by Crippen LogP contribution is 2.34. The highest BCUT2D eigenvalue weighted by atomic mass is 79.9. The summed E-state index contributed by atoms with van der Waals surface area (Å²) in [5.74, 6) is -0.996. The monoisotopic (exact) mass is 357 g/mol. The molecule has 1 heterocycles. The van der Waals surface area contributed by atoms with Gasteiger partial charge in [0.15, 0.2) is 0 Å². The molecule has 0 spiro atoms. The van der Waals surface area contributed by atoms with Crippen LogP contribution in [0.15, 0.2) is 27.1 Å². The van der Waals surface area contributed by atoms with Crippen molar-refractivity contribution in [3.05, 3.63) is 39.1 Å². The van der Waals surface area contributed by atoms with Crippen molar-refractivity contribution in [1.29, 1.82) is 0 Å². The van der Waals surface area contributed by atoms with E-state index in [4.69, 9.17) is 16.0 Å². The average Bonchev–Trinajstić information content (AvgIpc) is 2.73. The number of benzene rings is 1. The molecule has 0 saturated carbocycles. The van der Waals surface area contributed by atoms with Gasteiger partial charge in [0.05, 0.1) is 5.56 Å². The molecule has 0 aliphatic rings. The summed E-state index contributed by atoms with van der Waals surface area (Å²) in [5.41, 5.74) is 0.656. The molecule has 106 valence electrons. The van der Waals surface area contributed by atoms with Gasteiger partial charge in [0.25, 0.3) is 0 Å². The molecule has 2 rings (SSSR count). The number of carbonyl (C=O) groups is 1. The zero-order valence-electron chi connectivity index (χ0n) is 11.2. The minimum Gasteiger partial charge on any atom is -0.475 e. The molecule has 20 heavy (non-hydrogen) atoms. The van der Waals surface area contributed by atoms with Crippen LogP contribution in [-0.4, -0.2) is 16.1 Å². The van der Waals surface area contributed by atoms with Gasteiger partial charge in [0.2, 0.25) is 11.7 Å². The Bertz CT molecular complexity index is 674. The van der Waals surface area contributed by atoms with Crippen LogP contribution in [-0.2, 0) is 5.41 Å². The fourth-order valence-corrected chi connectivity index (χ4v) is 2.60. The van der Waals surface area contributed by atoms with Gasteiger partial charge in [-0.2, -0.15) is 0 Å². The third kappa shape index (κ3) is 2.88. The maximum Gasteiger partial charge on any atom is 0.373 e. The standard InChI is InChI=1S/C14H13BrClNO3/c1-14(2,3)11-10(13(18)19)20-12(17-11)8-5-4-7(16)6-9(8)15/h4-6H,1-3H3,(H,18,19). The first kappa shape index (κ1) is 15.1. The molecular weight excluding hydrogens is 346 g/mol. The third-order valence-electron chi connectivity index (χ3n) is 2.69. The second-order valence-corrected chi connectivity index (χ2v) is 6.67. The summed E-state index contributed by atoms with van der Waals surface area (Å²) in [6, 6.07) is 5.14. The molecule has 1 N–H and O–H groups in total. The molecule has 0 fully saturated rings. The van der Waals surface area contributed by atoms with Gasteiger partial charge < -0.3 is 9.52 Å². The number of nitrogens with zero attached hydrogens (tertiary/aromatic N) is 1. The Kier molecular flexibility index (Phi) is 3.93. The van der Waals surface area contributed by atoms with Crippen LogP contribution in [0.5, 0.6) is 0 Å². The Morgan fingerprint density at radius 3 is 2.50 bits per heavy atom. The quantitative estimate of drug-likeness (QED) is 0.841. The highest BCUT2D eigenvalue weighted by Gasteiger charge is 2.29. The van der Waals surface area contributed by atoms with Crippen molar-refractivity contribution >= 4 is 33.5 Å². The lowest BCUT2D eigenvalue weighted by Crippen LogP contribution is -2.16. The molecule has 0 bridgehead atoms. The molecule has 0 unspecified atom stereocenters. The van der Waals surface area contributed by atoms with Crippen LogP contribution in [0, 0.1) is 0 Å². The van der Waals surface area contributed by atoms with E-state index in [0.29, 0.717) is 20.8 Å². The van der Waals surface area contributed by atoms with E-state index < -0.39 is 11.4 Å². The molecule has 0 radical (unpaired) electrons. The lowest BCUT2D eigenvalue weighted by Gasteiger charge is -2.14. The van der Waals surface area contributed by atoms with Gasteiger partial charge in [-0.3, -0.25) is 0 Å². The summed E-state index contributed by atoms with van der Waals surface area (Å²) in [6.07, 6.45) is 0. The van der Waals surface area contributed by atoms with Gasteiger partial charge in [0.1, 0.15) is 5.69 Å². The van der Waals surface area contributed by atoms with Crippen molar-refractivity contribution in [1.82, 2.24) is 4.98 Å². The first-order chi connectivity index (χ1) is 9.20. The Labute approximate surface area is 129 Å². The Morgan fingerprint density at radius 2 is 2.05 bits per heavy atom. The SMILES string of the molecule is CC(C)(C)c1nc(-c2ccc(Cl)cc2Br)oc1C(=O)O. The van der Waals surface area contributed by atoms with E-state index >= 15 is 0 Å². The normalized spacial score (nSPS) is 11.7. The summed E-state index contributed by atoms with van der Waals surface area (Å²) in [6.45, 7) is 5.66. The average molecular weight is 359 g/mol. The van der Waals surface area contributed by atoms with Crippen molar-refractivity contribution in [2.75, 3.05) is 0 Å². The third-order valence-corrected chi connectivity index (χ3v) is 3.58. The van der Waals surface area contributed by atoms with Crippen LogP contribution in [0.4, 0.5) is 0 Å². The van der Waals surface area contributed by atoms with Crippen LogP contribution >= 0.6 is 27.5 Å². The molecule has 0 aliphatic heterocycles. The second kappa shape index (κ2) is 5.22. The number of hydrogen-bond donors (Lipinski definition) is 1. The van der Waals surface area contributed by atoms with Crippen LogP contribution in [0.2, 0.25) is 5.02 Å². The van der Waals surface area contributed by atoms with E-state index in [1.165, 1.54) is 0 Å². The molecule has 0 aliphatic carbocycles. The summed E-state index contributed by atoms with van der Waals surface area (Å²) in [4.78, 5) is 15.6. The van der Waals surface area contributed by atoms with Crippen molar-refractivity contribution < 1.29 is 14.3 Å². The van der Waals surface area contributed by atoms with E-state index in [9.17, 15) is 9.90 Å². The predicted molar refractivity (Wildman–Crippen MR) is 80.3 cm³/mol. The Morgan fingerprint density at radius 1 is 1.40 bits per heavy atom. The molecule has 1 aromatic heterocycles. The minimum absolute atomic E-state index is 0.130. The number of oxazole rings is 1. The van der Waals surface area contributed by atoms with Crippen molar-refractivity contribution in [3.63, 3.8) is 0 Å². The summed E-state index contributed by atoms with van der Waals surface area (Å²) < 4.78 is 6.12. The summed E-state index contributed by atoms with van der Waals surface area (Å²) >= 11 is 9.26. The van der Waals surface area contributed by atoms with E-state index in [1.54, 1.807) is 18.2 Å². The molecule has 6 heteroatoms. The van der Waals surface area contributed by atoms with Crippen molar-refractivity contribution in [2.24, 2.45) is 0 Å². The fraction of sp³-hybridized carbons (Fsp3) is 0.286. The van der Waals surface area contributed by atoms with Crippen LogP contribution < -0.4 is 0 Å². The van der Waals surface area contributed by atoms with E-state index in [0.717, 1.165) is 0 Å². The first-order valence-electron chi connectivity index (χ1n) is 5.90. The van der Waals surface area contributed by atoms with Gasteiger partial charge in [-0.15, -0.1) is 0 Å². The van der Waals surface area contributed by atoms with Crippen molar-refractivity contribution in [2.45, 2.75) is 26.2 Å². The summed E-state index contributed by atoms with van der Waals surface area (Å²) in [5, 5.41) is 9.81. The highest BCUT2D eigenvalue weighted by molar-refractivity contribution is 9.10. The number of carboxylic acid groups (broad SMARTS) is 1. The Hall–Kier alpha value is -1.33. The maximum absolute atomic E-state index is 11.3. The molecule has 0 saturated heterocycles. The summed E-state index contributed by atoms with van der Waals surface area (Å²) in [7, 11) is 0. The Balaban J connectivity index is 2.62. The van der Waals surface area contributed by atoms with Gasteiger partial charge in [-0.1, -0.05) is 32.4 Å². The topological polar surface area (TPSA) is 63.3 Å². The second-order valence-electron chi connectivity index (χ2n) is 5.38. The van der Waals surface area contributed by atoms with Gasteiger partial charge >= 0.3 is 5.97 Å². The van der Waals surface area contributed by atoms with E-state index in [-0.39, 0.29) is 11.7 Å². The molecule has 1 aromatic carbocycles. The maximum atomic E-state index is 11.3. The van der Waals surface area contributed by atoms with Crippen LogP contribution in [0.25, 0.3) is 11.5 Å². The molecule has 4 nitrogen and oxygen atoms in total. The van der Waals surface area contributed by atoms with E-state index in [1.807, 2.05) is 20.8 Å².